The van der Waals surface area contributed by atoms with Gasteiger partial charge >= 0.3 is 6.16 Å². The summed E-state index contributed by atoms with van der Waals surface area (Å²) in [6, 6.07) is 0. The Kier molecular flexibility index (Phi) is 5.38. The highest BCUT2D eigenvalue weighted by Crippen LogP contribution is 2.68. The molecule has 1 aliphatic heterocycles. The third-order valence-electron chi connectivity index (χ3n) is 11.2. The maximum absolute atomic E-state index is 12.3. The van der Waals surface area contributed by atoms with E-state index in [1.54, 1.807) is 5.57 Å². The second-order valence-corrected chi connectivity index (χ2v) is 12.8. The first-order valence-corrected chi connectivity index (χ1v) is 13.4. The van der Waals surface area contributed by atoms with Crippen molar-refractivity contribution in [3.8, 4) is 0 Å². The van der Waals surface area contributed by atoms with Crippen molar-refractivity contribution >= 4 is 6.16 Å². The summed E-state index contributed by atoms with van der Waals surface area (Å²) in [5.41, 5.74) is 1.85. The number of allylic oxidation sites excluding steroid dienone is 3. The van der Waals surface area contributed by atoms with E-state index in [2.05, 4.69) is 59.8 Å². The molecule has 3 nitrogen and oxygen atoms in total. The molecule has 5 rings (SSSR count). The molecule has 3 heteroatoms. The standard InChI is InChI=1S/C29H44O3/c1-18(2)19(3)7-8-20(4)23-9-10-24-22-12-16-29-17-21(31-26(30)32-29)11-15-28(29,6)25(22)13-14-27(23,24)5/h7-8,12,18-21,23-25H,9-11,13-17H2,1-6H3/b8-7+/t19-,20+,21+,23-,24+,25+,27+,28+,29+/m0/s1. The summed E-state index contributed by atoms with van der Waals surface area (Å²) in [4.78, 5) is 12.3. The molecule has 0 N–H and O–H groups in total. The maximum Gasteiger partial charge on any atom is 0.509 e. The van der Waals surface area contributed by atoms with Crippen LogP contribution >= 0.6 is 0 Å². The number of hydrogen-bond donors (Lipinski definition) is 0. The highest BCUT2D eigenvalue weighted by Gasteiger charge is 2.66. The number of hydrogen-bond acceptors (Lipinski definition) is 3. The van der Waals surface area contributed by atoms with Gasteiger partial charge in [-0.15, -0.1) is 0 Å². The first-order valence-electron chi connectivity index (χ1n) is 13.4. The van der Waals surface area contributed by atoms with E-state index in [1.165, 1.54) is 25.7 Å². The highest BCUT2D eigenvalue weighted by atomic mass is 16.7. The third kappa shape index (κ3) is 3.16. The largest absolute Gasteiger partial charge is 0.509 e. The van der Waals surface area contributed by atoms with Crippen LogP contribution in [-0.4, -0.2) is 17.9 Å². The minimum atomic E-state index is -0.429. The minimum Gasteiger partial charge on any atom is -0.431 e. The lowest BCUT2D eigenvalue weighted by atomic mass is 9.46. The lowest BCUT2D eigenvalue weighted by molar-refractivity contribution is -0.217. The molecule has 0 amide bonds. The molecule has 3 saturated carbocycles. The Labute approximate surface area is 195 Å². The Morgan fingerprint density at radius 3 is 2.53 bits per heavy atom. The zero-order valence-corrected chi connectivity index (χ0v) is 21.2. The van der Waals surface area contributed by atoms with Crippen molar-refractivity contribution in [3.63, 3.8) is 0 Å². The predicted molar refractivity (Wildman–Crippen MR) is 128 cm³/mol. The normalized spacial score (nSPS) is 47.1. The van der Waals surface area contributed by atoms with E-state index in [-0.39, 0.29) is 17.1 Å². The predicted octanol–water partition coefficient (Wildman–Crippen LogP) is 7.71. The molecule has 0 radical (unpaired) electrons. The first kappa shape index (κ1) is 22.5. The van der Waals surface area contributed by atoms with Gasteiger partial charge in [0.1, 0.15) is 11.7 Å². The number of rotatable bonds is 4. The molecule has 5 aliphatic rings. The van der Waals surface area contributed by atoms with Crippen LogP contribution in [0.1, 0.15) is 92.9 Å². The van der Waals surface area contributed by atoms with Crippen molar-refractivity contribution in [1.29, 1.82) is 0 Å². The van der Waals surface area contributed by atoms with Crippen LogP contribution in [0.3, 0.4) is 0 Å². The van der Waals surface area contributed by atoms with E-state index < -0.39 is 6.16 Å². The molecule has 0 aromatic carbocycles. The lowest BCUT2D eigenvalue weighted by Gasteiger charge is -2.63. The van der Waals surface area contributed by atoms with Crippen molar-refractivity contribution in [1.82, 2.24) is 0 Å². The molecule has 1 heterocycles. The molecule has 9 atom stereocenters. The van der Waals surface area contributed by atoms with Crippen molar-refractivity contribution < 1.29 is 14.3 Å². The molecule has 4 fully saturated rings. The van der Waals surface area contributed by atoms with Crippen LogP contribution in [0, 0.1) is 46.3 Å². The van der Waals surface area contributed by atoms with E-state index in [4.69, 9.17) is 9.47 Å². The summed E-state index contributed by atoms with van der Waals surface area (Å²) in [7, 11) is 0. The topological polar surface area (TPSA) is 35.5 Å². The van der Waals surface area contributed by atoms with Gasteiger partial charge in [-0.1, -0.05) is 65.3 Å². The minimum absolute atomic E-state index is 0.0601. The van der Waals surface area contributed by atoms with Crippen molar-refractivity contribution in [2.75, 3.05) is 0 Å². The first-order chi connectivity index (χ1) is 15.1. The van der Waals surface area contributed by atoms with E-state index in [0.717, 1.165) is 31.6 Å². The number of carbonyl (C=O) groups is 1. The van der Waals surface area contributed by atoms with Crippen LogP contribution in [0.25, 0.3) is 0 Å². The Balaban J connectivity index is 1.41. The molecule has 2 bridgehead atoms. The van der Waals surface area contributed by atoms with Gasteiger partial charge in [-0.05, 0) is 79.4 Å². The van der Waals surface area contributed by atoms with E-state index in [0.29, 0.717) is 35.0 Å². The van der Waals surface area contributed by atoms with Gasteiger partial charge in [0.2, 0.25) is 0 Å². The fraction of sp³-hybridized carbons (Fsp3) is 0.828. The Bertz CT molecular complexity index is 826. The second-order valence-electron chi connectivity index (χ2n) is 12.8. The van der Waals surface area contributed by atoms with Crippen LogP contribution in [0.5, 0.6) is 0 Å². The van der Waals surface area contributed by atoms with Crippen LogP contribution < -0.4 is 0 Å². The Hall–Kier alpha value is -1.25. The van der Waals surface area contributed by atoms with Gasteiger partial charge in [-0.3, -0.25) is 0 Å². The zero-order valence-electron chi connectivity index (χ0n) is 21.2. The smallest absolute Gasteiger partial charge is 0.431 e. The molecule has 178 valence electrons. The zero-order chi connectivity index (χ0) is 22.9. The number of ether oxygens (including phenoxy) is 2. The van der Waals surface area contributed by atoms with E-state index >= 15 is 0 Å². The lowest BCUT2D eigenvalue weighted by Crippen LogP contribution is -2.64. The fourth-order valence-corrected chi connectivity index (χ4v) is 8.68. The monoisotopic (exact) mass is 440 g/mol. The second kappa shape index (κ2) is 7.64. The van der Waals surface area contributed by atoms with E-state index in [9.17, 15) is 4.79 Å². The summed E-state index contributed by atoms with van der Waals surface area (Å²) >= 11 is 0. The average Bonchev–Trinajstić information content (AvgIpc) is 3.09. The fourth-order valence-electron chi connectivity index (χ4n) is 8.68. The molecule has 0 aromatic rings. The summed E-state index contributed by atoms with van der Waals surface area (Å²) in [6.45, 7) is 14.5. The van der Waals surface area contributed by atoms with Crippen molar-refractivity contribution in [2.24, 2.45) is 46.3 Å². The Morgan fingerprint density at radius 1 is 1.00 bits per heavy atom. The van der Waals surface area contributed by atoms with Crippen LogP contribution in [0.2, 0.25) is 0 Å². The average molecular weight is 441 g/mol. The van der Waals surface area contributed by atoms with Crippen molar-refractivity contribution in [3.05, 3.63) is 23.8 Å². The molecule has 0 aromatic heterocycles. The van der Waals surface area contributed by atoms with Crippen LogP contribution in [0.15, 0.2) is 23.8 Å². The van der Waals surface area contributed by atoms with Gasteiger partial charge in [-0.2, -0.15) is 0 Å². The van der Waals surface area contributed by atoms with Gasteiger partial charge < -0.3 is 9.47 Å². The van der Waals surface area contributed by atoms with Gasteiger partial charge in [0.05, 0.1) is 0 Å². The molecule has 32 heavy (non-hydrogen) atoms. The number of carbonyl (C=O) groups excluding carboxylic acids is 1. The molecule has 4 aliphatic carbocycles. The molecule has 0 unspecified atom stereocenters. The summed E-state index contributed by atoms with van der Waals surface area (Å²) in [5, 5.41) is 0. The molecular formula is C29H44O3. The number of fused-ring (bicyclic) bond motifs is 5. The van der Waals surface area contributed by atoms with Crippen LogP contribution in [-0.2, 0) is 9.47 Å². The van der Waals surface area contributed by atoms with Gasteiger partial charge in [0.25, 0.3) is 0 Å². The maximum atomic E-state index is 12.3. The quantitative estimate of drug-likeness (QED) is 0.332. The van der Waals surface area contributed by atoms with Gasteiger partial charge in [0.15, 0.2) is 0 Å². The van der Waals surface area contributed by atoms with Gasteiger partial charge in [-0.25, -0.2) is 4.79 Å². The Morgan fingerprint density at radius 2 is 1.78 bits per heavy atom. The molecule has 1 spiro atoms. The highest BCUT2D eigenvalue weighted by molar-refractivity contribution is 5.62. The SMILES string of the molecule is CC(C)[C@@H](C)/C=C/[C@@H](C)[C@@H]1CC[C@@H]2C3=CC[C@@]45C[C@@H](CC[C@]4(C)[C@@H]3CC[C@@]21C)OC(=O)O5. The molecular weight excluding hydrogens is 396 g/mol. The third-order valence-corrected chi connectivity index (χ3v) is 11.2. The van der Waals surface area contributed by atoms with Gasteiger partial charge in [0, 0.05) is 18.3 Å². The summed E-state index contributed by atoms with van der Waals surface area (Å²) < 4.78 is 11.5. The van der Waals surface area contributed by atoms with E-state index in [1.807, 2.05) is 0 Å². The molecule has 1 saturated heterocycles. The van der Waals surface area contributed by atoms with Crippen molar-refractivity contribution in [2.45, 2.75) is 105 Å². The summed E-state index contributed by atoms with van der Waals surface area (Å²) in [6.07, 6.45) is 16.3. The summed E-state index contributed by atoms with van der Waals surface area (Å²) in [5.74, 6) is 4.02. The van der Waals surface area contributed by atoms with Crippen LogP contribution in [0.4, 0.5) is 4.79 Å².